The first-order chi connectivity index (χ1) is 8.69. The van der Waals surface area contributed by atoms with Gasteiger partial charge in [-0.3, -0.25) is 0 Å². The number of ether oxygens (including phenoxy) is 1. The molecule has 18 heavy (non-hydrogen) atoms. The lowest BCUT2D eigenvalue weighted by Crippen LogP contribution is -1.98. The third-order valence-electron chi connectivity index (χ3n) is 2.37. The van der Waals surface area contributed by atoms with E-state index in [1.54, 1.807) is 18.3 Å². The summed E-state index contributed by atoms with van der Waals surface area (Å²) < 4.78 is 6.53. The van der Waals surface area contributed by atoms with Gasteiger partial charge >= 0.3 is 0 Å². The van der Waals surface area contributed by atoms with Crippen LogP contribution in [0.5, 0.6) is 5.75 Å². The molecule has 1 aromatic heterocycles. The van der Waals surface area contributed by atoms with Gasteiger partial charge in [0.1, 0.15) is 18.2 Å². The van der Waals surface area contributed by atoms with Crippen LogP contribution in [-0.4, -0.2) is 12.0 Å². The van der Waals surface area contributed by atoms with Crippen molar-refractivity contribution < 1.29 is 4.74 Å². The van der Waals surface area contributed by atoms with Crippen LogP contribution < -0.4 is 10.1 Å². The number of anilines is 1. The highest BCUT2D eigenvalue weighted by Gasteiger charge is 2.02. The number of nitrogens with zero attached hydrogens (tertiary/aromatic N) is 1. The summed E-state index contributed by atoms with van der Waals surface area (Å²) in [5.74, 6) is 1.60. The van der Waals surface area contributed by atoms with Crippen molar-refractivity contribution in [1.82, 2.24) is 4.98 Å². The number of pyridine rings is 1. The van der Waals surface area contributed by atoms with Gasteiger partial charge in [0.25, 0.3) is 0 Å². The Morgan fingerprint density at radius 1 is 1.33 bits per heavy atom. The Morgan fingerprint density at radius 3 is 2.78 bits per heavy atom. The number of rotatable bonds is 4. The number of nitrogens with one attached hydrogen (secondary N) is 1. The second-order valence-electron chi connectivity index (χ2n) is 3.67. The van der Waals surface area contributed by atoms with Gasteiger partial charge < -0.3 is 10.1 Å². The maximum absolute atomic E-state index is 5.86. The largest absolute Gasteiger partial charge is 0.488 e. The summed E-state index contributed by atoms with van der Waals surface area (Å²) in [6.07, 6.45) is 1.79. The van der Waals surface area contributed by atoms with Gasteiger partial charge in [-0.1, -0.05) is 17.7 Å². The molecule has 0 saturated heterocycles. The fourth-order valence-corrected chi connectivity index (χ4v) is 2.21. The Balaban J connectivity index is 2.02. The zero-order valence-electron chi connectivity index (χ0n) is 9.78. The van der Waals surface area contributed by atoms with Crippen LogP contribution in [0, 0.1) is 0 Å². The molecule has 0 saturated carbocycles. The third kappa shape index (κ3) is 3.37. The van der Waals surface area contributed by atoms with Crippen molar-refractivity contribution in [1.29, 1.82) is 0 Å². The minimum Gasteiger partial charge on any atom is -0.488 e. The molecule has 0 atom stereocenters. The lowest BCUT2D eigenvalue weighted by Gasteiger charge is -2.08. The zero-order valence-corrected chi connectivity index (χ0v) is 12.1. The summed E-state index contributed by atoms with van der Waals surface area (Å²) in [6, 6.07) is 9.32. The van der Waals surface area contributed by atoms with Gasteiger partial charge in [0, 0.05) is 23.8 Å². The van der Waals surface area contributed by atoms with E-state index in [4.69, 9.17) is 16.3 Å². The minimum absolute atomic E-state index is 0.469. The molecule has 1 heterocycles. The molecular weight excluding hydrogens is 316 g/mol. The first-order valence-corrected chi connectivity index (χ1v) is 6.56. The molecule has 1 N–H and O–H groups in total. The van der Waals surface area contributed by atoms with Gasteiger partial charge in [0.15, 0.2) is 0 Å². The summed E-state index contributed by atoms with van der Waals surface area (Å²) >= 11 is 9.27. The molecule has 0 radical (unpaired) electrons. The Kier molecular flexibility index (Phi) is 4.44. The van der Waals surface area contributed by atoms with Crippen molar-refractivity contribution in [2.75, 3.05) is 12.4 Å². The summed E-state index contributed by atoms with van der Waals surface area (Å²) in [6.45, 7) is 0.469. The smallest absolute Gasteiger partial charge is 0.134 e. The van der Waals surface area contributed by atoms with E-state index >= 15 is 0 Å². The minimum atomic E-state index is 0.469. The maximum atomic E-state index is 5.86. The Labute approximate surface area is 119 Å². The molecule has 0 bridgehead atoms. The van der Waals surface area contributed by atoms with Gasteiger partial charge in [0.2, 0.25) is 0 Å². The Bertz CT molecular complexity index is 531. The van der Waals surface area contributed by atoms with Crippen LogP contribution in [0.4, 0.5) is 5.82 Å². The molecule has 5 heteroatoms. The van der Waals surface area contributed by atoms with Crippen LogP contribution >= 0.6 is 27.5 Å². The lowest BCUT2D eigenvalue weighted by atomic mass is 10.3. The highest BCUT2D eigenvalue weighted by molar-refractivity contribution is 9.10. The van der Waals surface area contributed by atoms with Crippen LogP contribution in [0.15, 0.2) is 41.0 Å². The van der Waals surface area contributed by atoms with Gasteiger partial charge in [-0.2, -0.15) is 0 Å². The molecular formula is C13H12BrClN2O. The normalized spacial score (nSPS) is 10.2. The van der Waals surface area contributed by atoms with Gasteiger partial charge in [-0.25, -0.2) is 4.98 Å². The van der Waals surface area contributed by atoms with E-state index < -0.39 is 0 Å². The first-order valence-electron chi connectivity index (χ1n) is 5.39. The molecule has 0 amide bonds. The number of benzene rings is 1. The Hall–Kier alpha value is -1.26. The molecule has 2 aromatic rings. The maximum Gasteiger partial charge on any atom is 0.134 e. The average Bonchev–Trinajstić information content (AvgIpc) is 2.38. The number of hydrogen-bond acceptors (Lipinski definition) is 3. The van der Waals surface area contributed by atoms with E-state index in [0.29, 0.717) is 11.6 Å². The first kappa shape index (κ1) is 13.2. The summed E-state index contributed by atoms with van der Waals surface area (Å²) in [4.78, 5) is 4.22. The molecule has 0 aliphatic rings. The van der Waals surface area contributed by atoms with Crippen LogP contribution in [0.3, 0.4) is 0 Å². The molecule has 3 nitrogen and oxygen atoms in total. The Morgan fingerprint density at radius 2 is 2.17 bits per heavy atom. The molecule has 0 aliphatic carbocycles. The number of hydrogen-bond donors (Lipinski definition) is 1. The van der Waals surface area contributed by atoms with Gasteiger partial charge in [-0.05, 0) is 40.2 Å². The number of aromatic nitrogens is 1. The van der Waals surface area contributed by atoms with Crippen LogP contribution in [0.1, 0.15) is 5.56 Å². The highest BCUT2D eigenvalue weighted by Crippen LogP contribution is 2.28. The second-order valence-corrected chi connectivity index (χ2v) is 4.96. The summed E-state index contributed by atoms with van der Waals surface area (Å²) in [5, 5.41) is 3.64. The van der Waals surface area contributed by atoms with E-state index in [0.717, 1.165) is 21.6 Å². The SMILES string of the molecule is CNc1ccc(COc2ccc(Cl)cc2Br)cn1. The average molecular weight is 328 g/mol. The molecule has 0 unspecified atom stereocenters. The van der Waals surface area contributed by atoms with Crippen LogP contribution in [0.2, 0.25) is 5.02 Å². The van der Waals surface area contributed by atoms with Crippen molar-refractivity contribution in [2.45, 2.75) is 6.61 Å². The molecule has 2 rings (SSSR count). The van der Waals surface area contributed by atoms with Crippen LogP contribution in [-0.2, 0) is 6.61 Å². The quantitative estimate of drug-likeness (QED) is 0.917. The van der Waals surface area contributed by atoms with E-state index in [-0.39, 0.29) is 0 Å². The highest BCUT2D eigenvalue weighted by atomic mass is 79.9. The van der Waals surface area contributed by atoms with Crippen molar-refractivity contribution in [3.63, 3.8) is 0 Å². The predicted molar refractivity (Wildman–Crippen MR) is 77.3 cm³/mol. The van der Waals surface area contributed by atoms with Gasteiger partial charge in [0.05, 0.1) is 4.47 Å². The fraction of sp³-hybridized carbons (Fsp3) is 0.154. The van der Waals surface area contributed by atoms with Crippen molar-refractivity contribution in [3.05, 3.63) is 51.6 Å². The third-order valence-corrected chi connectivity index (χ3v) is 3.22. The van der Waals surface area contributed by atoms with Crippen LogP contribution in [0.25, 0.3) is 0 Å². The van der Waals surface area contributed by atoms with Crippen molar-refractivity contribution >= 4 is 33.3 Å². The lowest BCUT2D eigenvalue weighted by molar-refractivity contribution is 0.304. The summed E-state index contributed by atoms with van der Waals surface area (Å²) in [5.41, 5.74) is 1.01. The molecule has 1 aromatic carbocycles. The van der Waals surface area contributed by atoms with Crippen molar-refractivity contribution in [2.24, 2.45) is 0 Å². The van der Waals surface area contributed by atoms with Crippen molar-refractivity contribution in [3.8, 4) is 5.75 Å². The zero-order chi connectivity index (χ0) is 13.0. The monoisotopic (exact) mass is 326 g/mol. The molecule has 0 fully saturated rings. The summed E-state index contributed by atoms with van der Waals surface area (Å²) in [7, 11) is 1.84. The van der Waals surface area contributed by atoms with E-state index in [1.165, 1.54) is 0 Å². The fourth-order valence-electron chi connectivity index (χ4n) is 1.41. The molecule has 0 spiro atoms. The second kappa shape index (κ2) is 6.07. The van der Waals surface area contributed by atoms with Gasteiger partial charge in [-0.15, -0.1) is 0 Å². The van der Waals surface area contributed by atoms with E-state index in [9.17, 15) is 0 Å². The standard InChI is InChI=1S/C13H12BrClN2O/c1-16-13-5-2-9(7-17-13)8-18-12-4-3-10(15)6-11(12)14/h2-7H,8H2,1H3,(H,16,17). The van der Waals surface area contributed by atoms with E-state index in [1.807, 2.05) is 25.2 Å². The number of halogens is 2. The van der Waals surface area contributed by atoms with E-state index in [2.05, 4.69) is 26.2 Å². The molecule has 0 aliphatic heterocycles. The predicted octanol–water partition coefficient (Wildman–Crippen LogP) is 4.12. The topological polar surface area (TPSA) is 34.1 Å². The molecule has 94 valence electrons.